The molecule has 1 aromatic carbocycles. The highest BCUT2D eigenvalue weighted by atomic mass is 19.4. The molecular formula is C20H17F3N6O2. The monoisotopic (exact) mass is 430 g/mol. The summed E-state index contributed by atoms with van der Waals surface area (Å²) in [6, 6.07) is 11.9. The van der Waals surface area contributed by atoms with Crippen LogP contribution in [-0.2, 0) is 4.79 Å². The lowest BCUT2D eigenvalue weighted by molar-refractivity contribution is -0.192. The van der Waals surface area contributed by atoms with Gasteiger partial charge in [0.1, 0.15) is 0 Å². The Morgan fingerprint density at radius 3 is 2.48 bits per heavy atom. The predicted molar refractivity (Wildman–Crippen MR) is 110 cm³/mol. The van der Waals surface area contributed by atoms with Gasteiger partial charge in [0.15, 0.2) is 11.6 Å². The summed E-state index contributed by atoms with van der Waals surface area (Å²) < 4.78 is 31.7. The van der Waals surface area contributed by atoms with Crippen molar-refractivity contribution in [1.29, 1.82) is 0 Å². The number of aromatic nitrogens is 4. The molecule has 0 radical (unpaired) electrons. The summed E-state index contributed by atoms with van der Waals surface area (Å²) in [6.45, 7) is 2.04. The fourth-order valence-corrected chi connectivity index (χ4v) is 2.64. The molecule has 5 N–H and O–H groups in total. The Kier molecular flexibility index (Phi) is 6.05. The number of rotatable bonds is 3. The summed E-state index contributed by atoms with van der Waals surface area (Å²) in [5.41, 5.74) is 10.8. The number of hydrogen-bond acceptors (Lipinski definition) is 6. The number of carboxylic acids is 1. The Balaban J connectivity index is 0.000000339. The number of aromatic amines is 1. The second-order valence-electron chi connectivity index (χ2n) is 6.41. The van der Waals surface area contributed by atoms with Gasteiger partial charge in [-0.3, -0.25) is 4.98 Å². The maximum absolute atomic E-state index is 10.6. The van der Waals surface area contributed by atoms with Gasteiger partial charge in [0.05, 0.1) is 11.9 Å². The van der Waals surface area contributed by atoms with Gasteiger partial charge in [-0.2, -0.15) is 13.2 Å². The van der Waals surface area contributed by atoms with Crippen molar-refractivity contribution < 1.29 is 23.1 Å². The number of H-pyrrole nitrogens is 1. The first kappa shape index (κ1) is 21.6. The van der Waals surface area contributed by atoms with Crippen molar-refractivity contribution in [2.45, 2.75) is 13.1 Å². The number of alkyl halides is 3. The molecule has 0 fully saturated rings. The van der Waals surface area contributed by atoms with Gasteiger partial charge in [0, 0.05) is 40.2 Å². The number of halogens is 3. The second kappa shape index (κ2) is 8.69. The van der Waals surface area contributed by atoms with Crippen LogP contribution in [0.2, 0.25) is 0 Å². The summed E-state index contributed by atoms with van der Waals surface area (Å²) in [5.74, 6) is -1.86. The minimum absolute atomic E-state index is 0.359. The van der Waals surface area contributed by atoms with Crippen molar-refractivity contribution in [3.8, 4) is 11.3 Å². The van der Waals surface area contributed by atoms with Crippen molar-refractivity contribution in [2.75, 3.05) is 11.1 Å². The number of nitrogen functional groups attached to an aromatic ring is 1. The Labute approximate surface area is 174 Å². The molecule has 160 valence electrons. The number of aliphatic carboxylic acids is 1. The average Bonchev–Trinajstić information content (AvgIpc) is 3.09. The standard InChI is InChI=1S/C18H16N6.C2HF3O2/c1-11-8-13-9-14(2-3-15(13)22-11)23-18-17(19)21-10-16(24-18)12-4-6-20-7-5-12;3-2(4,5)1(6)7/h2-10,22H,1H3,(H2,19,21)(H,23,24);(H,6,7). The summed E-state index contributed by atoms with van der Waals surface area (Å²) in [4.78, 5) is 25.1. The van der Waals surface area contributed by atoms with E-state index in [0.717, 1.165) is 33.5 Å². The number of nitrogens with one attached hydrogen (secondary N) is 2. The van der Waals surface area contributed by atoms with Crippen molar-refractivity contribution >= 4 is 34.2 Å². The van der Waals surface area contributed by atoms with Gasteiger partial charge in [0.2, 0.25) is 0 Å². The quantitative estimate of drug-likeness (QED) is 0.381. The molecule has 0 saturated carbocycles. The first-order chi connectivity index (χ1) is 14.6. The van der Waals surface area contributed by atoms with Gasteiger partial charge in [0.25, 0.3) is 0 Å². The van der Waals surface area contributed by atoms with Crippen LogP contribution in [0.25, 0.3) is 22.2 Å². The van der Waals surface area contributed by atoms with Crippen LogP contribution in [0.1, 0.15) is 5.69 Å². The molecule has 3 heterocycles. The zero-order valence-corrected chi connectivity index (χ0v) is 16.1. The highest BCUT2D eigenvalue weighted by molar-refractivity contribution is 5.85. The molecule has 31 heavy (non-hydrogen) atoms. The van der Waals surface area contributed by atoms with E-state index in [2.05, 4.69) is 37.4 Å². The van der Waals surface area contributed by atoms with E-state index in [0.29, 0.717) is 11.6 Å². The fourth-order valence-electron chi connectivity index (χ4n) is 2.64. The fraction of sp³-hybridized carbons (Fsp3) is 0.100. The maximum atomic E-state index is 10.6. The van der Waals surface area contributed by atoms with E-state index in [9.17, 15) is 13.2 Å². The van der Waals surface area contributed by atoms with Crippen molar-refractivity contribution in [3.05, 3.63) is 60.7 Å². The minimum atomic E-state index is -5.08. The summed E-state index contributed by atoms with van der Waals surface area (Å²) >= 11 is 0. The molecule has 0 amide bonds. The van der Waals surface area contributed by atoms with Crippen LogP contribution in [0.15, 0.2) is 55.0 Å². The van der Waals surface area contributed by atoms with E-state index in [4.69, 9.17) is 15.6 Å². The summed E-state index contributed by atoms with van der Waals surface area (Å²) in [5, 5.41) is 11.5. The number of nitrogens with zero attached hydrogens (tertiary/aromatic N) is 3. The van der Waals surface area contributed by atoms with Crippen molar-refractivity contribution in [1.82, 2.24) is 19.9 Å². The van der Waals surface area contributed by atoms with E-state index in [-0.39, 0.29) is 0 Å². The number of carbonyl (C=O) groups is 1. The lowest BCUT2D eigenvalue weighted by atomic mass is 10.2. The third-order valence-electron chi connectivity index (χ3n) is 4.04. The van der Waals surface area contributed by atoms with Crippen LogP contribution in [0.4, 0.5) is 30.5 Å². The van der Waals surface area contributed by atoms with Gasteiger partial charge >= 0.3 is 12.1 Å². The van der Waals surface area contributed by atoms with Crippen LogP contribution < -0.4 is 11.1 Å². The van der Waals surface area contributed by atoms with Crippen molar-refractivity contribution in [3.63, 3.8) is 0 Å². The Bertz CT molecular complexity index is 1210. The maximum Gasteiger partial charge on any atom is 0.490 e. The number of aryl methyl sites for hydroxylation is 1. The lowest BCUT2D eigenvalue weighted by Gasteiger charge is -2.10. The number of fused-ring (bicyclic) bond motifs is 1. The first-order valence-corrected chi connectivity index (χ1v) is 8.83. The summed E-state index contributed by atoms with van der Waals surface area (Å²) in [6.07, 6.45) is 0.0276. The van der Waals surface area contributed by atoms with E-state index in [1.807, 2.05) is 31.2 Å². The molecule has 11 heteroatoms. The molecule has 0 aliphatic rings. The van der Waals surface area contributed by atoms with Gasteiger partial charge in [-0.25, -0.2) is 14.8 Å². The third kappa shape index (κ3) is 5.47. The number of benzene rings is 1. The van der Waals surface area contributed by atoms with Gasteiger partial charge < -0.3 is 21.1 Å². The number of carboxylic acid groups (broad SMARTS) is 1. The molecule has 4 rings (SSSR count). The van der Waals surface area contributed by atoms with Gasteiger partial charge in [-0.15, -0.1) is 0 Å². The van der Waals surface area contributed by atoms with Crippen LogP contribution in [0, 0.1) is 6.92 Å². The second-order valence-corrected chi connectivity index (χ2v) is 6.41. The zero-order valence-electron chi connectivity index (χ0n) is 16.1. The molecule has 0 atom stereocenters. The van der Waals surface area contributed by atoms with E-state index >= 15 is 0 Å². The molecule has 0 saturated heterocycles. The molecule has 0 spiro atoms. The molecule has 3 aromatic heterocycles. The predicted octanol–water partition coefficient (Wildman–Crippen LogP) is 4.29. The van der Waals surface area contributed by atoms with Gasteiger partial charge in [-0.1, -0.05) is 0 Å². The first-order valence-electron chi connectivity index (χ1n) is 8.83. The molecule has 8 nitrogen and oxygen atoms in total. The summed E-state index contributed by atoms with van der Waals surface area (Å²) in [7, 11) is 0. The average molecular weight is 430 g/mol. The Morgan fingerprint density at radius 2 is 1.84 bits per heavy atom. The smallest absolute Gasteiger partial charge is 0.475 e. The Morgan fingerprint density at radius 1 is 1.16 bits per heavy atom. The molecule has 0 unspecified atom stereocenters. The number of nitrogens with two attached hydrogens (primary N) is 1. The SMILES string of the molecule is Cc1cc2cc(Nc3nc(-c4ccncc4)cnc3N)ccc2[nH]1.O=C(O)C(F)(F)F. The molecule has 4 aromatic rings. The van der Waals surface area contributed by atoms with Crippen LogP contribution in [-0.4, -0.2) is 37.2 Å². The zero-order chi connectivity index (χ0) is 22.6. The lowest BCUT2D eigenvalue weighted by Crippen LogP contribution is -2.21. The Hall–Kier alpha value is -4.15. The number of pyridine rings is 1. The van der Waals surface area contributed by atoms with Crippen LogP contribution in [0.3, 0.4) is 0 Å². The minimum Gasteiger partial charge on any atom is -0.475 e. The van der Waals surface area contributed by atoms with Crippen molar-refractivity contribution in [2.24, 2.45) is 0 Å². The number of anilines is 3. The highest BCUT2D eigenvalue weighted by Gasteiger charge is 2.38. The molecule has 0 bridgehead atoms. The molecule has 0 aliphatic heterocycles. The highest BCUT2D eigenvalue weighted by Crippen LogP contribution is 2.26. The van der Waals surface area contributed by atoms with Crippen LogP contribution in [0.5, 0.6) is 0 Å². The number of hydrogen-bond donors (Lipinski definition) is 4. The van der Waals surface area contributed by atoms with Gasteiger partial charge in [-0.05, 0) is 43.3 Å². The topological polar surface area (TPSA) is 130 Å². The normalized spacial score (nSPS) is 11.0. The third-order valence-corrected chi connectivity index (χ3v) is 4.04. The van der Waals surface area contributed by atoms with E-state index < -0.39 is 12.1 Å². The van der Waals surface area contributed by atoms with E-state index in [1.54, 1.807) is 18.6 Å². The largest absolute Gasteiger partial charge is 0.490 e. The van der Waals surface area contributed by atoms with Crippen LogP contribution >= 0.6 is 0 Å². The molecular weight excluding hydrogens is 413 g/mol. The molecule has 0 aliphatic carbocycles. The van der Waals surface area contributed by atoms with E-state index in [1.165, 1.54) is 0 Å².